The van der Waals surface area contributed by atoms with Crippen molar-refractivity contribution in [3.63, 3.8) is 0 Å². The van der Waals surface area contributed by atoms with Crippen molar-refractivity contribution in [2.24, 2.45) is 0 Å². The lowest BCUT2D eigenvalue weighted by Gasteiger charge is -2.29. The molecule has 1 amide bonds. The Bertz CT molecular complexity index is 605. The van der Waals surface area contributed by atoms with Crippen LogP contribution in [0.3, 0.4) is 0 Å². The van der Waals surface area contributed by atoms with Crippen LogP contribution in [0.15, 0.2) is 18.2 Å². The summed E-state index contributed by atoms with van der Waals surface area (Å²) in [5.41, 5.74) is 0.585. The number of benzene rings is 1. The number of amides is 1. The van der Waals surface area contributed by atoms with E-state index in [1.54, 1.807) is 30.2 Å². The summed E-state index contributed by atoms with van der Waals surface area (Å²) in [6.07, 6.45) is 0.738. The van der Waals surface area contributed by atoms with Crippen molar-refractivity contribution >= 4 is 11.9 Å². The van der Waals surface area contributed by atoms with Crippen LogP contribution in [0.1, 0.15) is 24.9 Å². The Kier molecular flexibility index (Phi) is 6.03. The van der Waals surface area contributed by atoms with Crippen LogP contribution in [0.2, 0.25) is 0 Å². The number of nitrogens with zero attached hydrogens (tertiary/aromatic N) is 2. The van der Waals surface area contributed by atoms with E-state index in [9.17, 15) is 14.7 Å². The molecule has 0 unspecified atom stereocenters. The highest BCUT2D eigenvalue weighted by Crippen LogP contribution is 2.33. The smallest absolute Gasteiger partial charge is 0.325 e. The van der Waals surface area contributed by atoms with Crippen LogP contribution in [0, 0.1) is 0 Å². The van der Waals surface area contributed by atoms with Gasteiger partial charge in [-0.3, -0.25) is 14.5 Å². The van der Waals surface area contributed by atoms with Gasteiger partial charge in [-0.15, -0.1) is 0 Å². The lowest BCUT2D eigenvalue weighted by atomic mass is 10.0. The normalized spacial score (nSPS) is 17.0. The summed E-state index contributed by atoms with van der Waals surface area (Å²) in [7, 11) is 3.06. The maximum absolute atomic E-state index is 11.9. The molecule has 1 aliphatic rings. The van der Waals surface area contributed by atoms with E-state index < -0.39 is 12.0 Å². The first kappa shape index (κ1) is 18.1. The van der Waals surface area contributed by atoms with Gasteiger partial charge in [0.1, 0.15) is 17.5 Å². The molecule has 1 aliphatic heterocycles. The molecule has 7 heteroatoms. The number of aliphatic carboxylic acids is 1. The van der Waals surface area contributed by atoms with Crippen LogP contribution in [-0.4, -0.2) is 67.2 Å². The largest absolute Gasteiger partial charge is 0.497 e. The molecule has 1 aromatic carbocycles. The van der Waals surface area contributed by atoms with Gasteiger partial charge in [-0.25, -0.2) is 0 Å². The molecule has 1 heterocycles. The molecule has 0 aliphatic carbocycles. The molecule has 2 rings (SSSR count). The van der Waals surface area contributed by atoms with E-state index in [1.807, 2.05) is 4.90 Å². The van der Waals surface area contributed by atoms with E-state index in [0.717, 1.165) is 6.42 Å². The number of hydrogen-bond acceptors (Lipinski definition) is 5. The van der Waals surface area contributed by atoms with Gasteiger partial charge in [0.25, 0.3) is 0 Å². The molecule has 1 N–H and O–H groups in total. The molecule has 1 aromatic rings. The Morgan fingerprint density at radius 3 is 2.46 bits per heavy atom. The standard InChI is InChI=1S/C17H24N2O5/c1-12(20)18-7-4-8-19(10-9-18)16(17(21)22)14-6-5-13(23-2)11-15(14)24-3/h5-6,11,16H,4,7-10H2,1-3H3,(H,21,22)/t16-/m0/s1. The Labute approximate surface area is 141 Å². The summed E-state index contributed by atoms with van der Waals surface area (Å²) in [5, 5.41) is 9.78. The molecular weight excluding hydrogens is 312 g/mol. The van der Waals surface area contributed by atoms with Gasteiger partial charge >= 0.3 is 5.97 Å². The number of carbonyl (C=O) groups is 2. The van der Waals surface area contributed by atoms with Crippen LogP contribution in [0.4, 0.5) is 0 Å². The van der Waals surface area contributed by atoms with Crippen molar-refractivity contribution in [1.29, 1.82) is 0 Å². The number of carboxylic acid groups (broad SMARTS) is 1. The van der Waals surface area contributed by atoms with Crippen molar-refractivity contribution < 1.29 is 24.2 Å². The summed E-state index contributed by atoms with van der Waals surface area (Å²) in [6, 6.07) is 4.32. The lowest BCUT2D eigenvalue weighted by Crippen LogP contribution is -2.38. The Hall–Kier alpha value is -2.28. The molecule has 1 atom stereocenters. The first-order valence-corrected chi connectivity index (χ1v) is 7.92. The Balaban J connectivity index is 2.30. The molecule has 1 saturated heterocycles. The fraction of sp³-hybridized carbons (Fsp3) is 0.529. The van der Waals surface area contributed by atoms with Gasteiger partial charge in [0.15, 0.2) is 0 Å². The molecular formula is C17H24N2O5. The van der Waals surface area contributed by atoms with E-state index >= 15 is 0 Å². The summed E-state index contributed by atoms with van der Waals surface area (Å²) in [5.74, 6) is 0.174. The third-order valence-corrected chi connectivity index (χ3v) is 4.31. The summed E-state index contributed by atoms with van der Waals surface area (Å²) < 4.78 is 10.5. The van der Waals surface area contributed by atoms with Crippen molar-refractivity contribution in [1.82, 2.24) is 9.80 Å². The first-order chi connectivity index (χ1) is 11.5. The third-order valence-electron chi connectivity index (χ3n) is 4.31. The first-order valence-electron chi connectivity index (χ1n) is 7.92. The third kappa shape index (κ3) is 3.97. The van der Waals surface area contributed by atoms with Crippen LogP contribution in [0.25, 0.3) is 0 Å². The maximum Gasteiger partial charge on any atom is 0.325 e. The van der Waals surface area contributed by atoms with E-state index in [4.69, 9.17) is 9.47 Å². The number of rotatable bonds is 5. The lowest BCUT2D eigenvalue weighted by molar-refractivity contribution is -0.143. The van der Waals surface area contributed by atoms with Crippen molar-refractivity contribution in [3.8, 4) is 11.5 Å². The molecule has 0 aromatic heterocycles. The van der Waals surface area contributed by atoms with Gasteiger partial charge < -0.3 is 19.5 Å². The van der Waals surface area contributed by atoms with Crippen molar-refractivity contribution in [2.45, 2.75) is 19.4 Å². The number of ether oxygens (including phenoxy) is 2. The fourth-order valence-electron chi connectivity index (χ4n) is 3.04. The minimum atomic E-state index is -0.935. The van der Waals surface area contributed by atoms with Gasteiger partial charge in [-0.1, -0.05) is 0 Å². The van der Waals surface area contributed by atoms with E-state index in [0.29, 0.717) is 43.2 Å². The van der Waals surface area contributed by atoms with Gasteiger partial charge in [-0.2, -0.15) is 0 Å². The van der Waals surface area contributed by atoms with Crippen molar-refractivity contribution in [2.75, 3.05) is 40.4 Å². The average Bonchev–Trinajstić information content (AvgIpc) is 2.81. The van der Waals surface area contributed by atoms with Gasteiger partial charge in [0, 0.05) is 44.7 Å². The fourth-order valence-corrected chi connectivity index (χ4v) is 3.04. The molecule has 1 fully saturated rings. The maximum atomic E-state index is 11.9. The molecule has 0 radical (unpaired) electrons. The number of hydrogen-bond donors (Lipinski definition) is 1. The predicted molar refractivity (Wildman–Crippen MR) is 88.4 cm³/mol. The van der Waals surface area contributed by atoms with E-state index in [2.05, 4.69) is 0 Å². The zero-order valence-corrected chi connectivity index (χ0v) is 14.3. The molecule has 7 nitrogen and oxygen atoms in total. The molecule has 24 heavy (non-hydrogen) atoms. The number of carbonyl (C=O) groups excluding carboxylic acids is 1. The highest BCUT2D eigenvalue weighted by molar-refractivity contribution is 5.77. The van der Waals surface area contributed by atoms with Gasteiger partial charge in [-0.05, 0) is 18.6 Å². The van der Waals surface area contributed by atoms with E-state index in [1.165, 1.54) is 14.0 Å². The van der Waals surface area contributed by atoms with Gasteiger partial charge in [0.05, 0.1) is 14.2 Å². The molecule has 0 saturated carbocycles. The van der Waals surface area contributed by atoms with Crippen LogP contribution in [0.5, 0.6) is 11.5 Å². The number of carboxylic acids is 1. The quantitative estimate of drug-likeness (QED) is 0.875. The SMILES string of the molecule is COc1ccc([C@@H](C(=O)O)N2CCCN(C(C)=O)CC2)c(OC)c1. The zero-order chi connectivity index (χ0) is 17.7. The summed E-state index contributed by atoms with van der Waals surface area (Å²) in [4.78, 5) is 27.1. The minimum absolute atomic E-state index is 0.0192. The van der Waals surface area contributed by atoms with Gasteiger partial charge in [0.2, 0.25) is 5.91 Å². The second-order valence-corrected chi connectivity index (χ2v) is 5.74. The average molecular weight is 336 g/mol. The number of methoxy groups -OCH3 is 2. The van der Waals surface area contributed by atoms with Crippen molar-refractivity contribution in [3.05, 3.63) is 23.8 Å². The molecule has 132 valence electrons. The monoisotopic (exact) mass is 336 g/mol. The highest BCUT2D eigenvalue weighted by atomic mass is 16.5. The van der Waals surface area contributed by atoms with Crippen LogP contribution >= 0.6 is 0 Å². The Morgan fingerprint density at radius 2 is 1.88 bits per heavy atom. The minimum Gasteiger partial charge on any atom is -0.497 e. The topological polar surface area (TPSA) is 79.3 Å². The van der Waals surface area contributed by atoms with Crippen LogP contribution in [-0.2, 0) is 9.59 Å². The zero-order valence-electron chi connectivity index (χ0n) is 14.3. The molecule has 0 spiro atoms. The molecule has 0 bridgehead atoms. The second kappa shape index (κ2) is 8.01. The summed E-state index contributed by atoms with van der Waals surface area (Å²) >= 11 is 0. The van der Waals surface area contributed by atoms with Crippen LogP contribution < -0.4 is 9.47 Å². The van der Waals surface area contributed by atoms with E-state index in [-0.39, 0.29) is 5.91 Å². The highest BCUT2D eigenvalue weighted by Gasteiger charge is 2.31. The second-order valence-electron chi connectivity index (χ2n) is 5.74. The summed E-state index contributed by atoms with van der Waals surface area (Å²) in [6.45, 7) is 3.83. The Morgan fingerprint density at radius 1 is 1.12 bits per heavy atom. The predicted octanol–water partition coefficient (Wildman–Crippen LogP) is 1.38.